The summed E-state index contributed by atoms with van der Waals surface area (Å²) in [4.78, 5) is 30.0. The second-order valence-corrected chi connectivity index (χ2v) is 11.2. The number of likely N-dealkylation sites (tertiary alicyclic amines) is 1. The van der Waals surface area contributed by atoms with Crippen LogP contribution in [0.4, 0.5) is 5.69 Å². The Bertz CT molecular complexity index is 1550. The maximum atomic E-state index is 13.9. The van der Waals surface area contributed by atoms with E-state index in [9.17, 15) is 9.59 Å². The smallest absolute Gasteiger partial charge is 0.261 e. The van der Waals surface area contributed by atoms with Gasteiger partial charge in [0.05, 0.1) is 15.6 Å². The minimum atomic E-state index is -1.51. The number of carbonyl (C=O) groups excluding carboxylic acids is 2. The Kier molecular flexibility index (Phi) is 6.60. The summed E-state index contributed by atoms with van der Waals surface area (Å²) in [5.74, 6) is 0.707. The van der Waals surface area contributed by atoms with Gasteiger partial charge in [-0.15, -0.1) is 11.3 Å². The molecule has 7 N–H and O–H groups in total. The second kappa shape index (κ2) is 10.1. The van der Waals surface area contributed by atoms with E-state index in [0.29, 0.717) is 55.4 Å². The lowest BCUT2D eigenvalue weighted by atomic mass is 9.70. The molecule has 1 fully saturated rings. The van der Waals surface area contributed by atoms with Crippen LogP contribution in [0.1, 0.15) is 45.2 Å². The molecule has 9 heteroatoms. The largest absolute Gasteiger partial charge is 0.457 e. The zero-order chi connectivity index (χ0) is 27.1. The lowest BCUT2D eigenvalue weighted by molar-refractivity contribution is -0.124. The Labute approximate surface area is 230 Å². The average molecular weight is 542 g/mol. The van der Waals surface area contributed by atoms with E-state index < -0.39 is 11.6 Å². The minimum absolute atomic E-state index is 0.245. The van der Waals surface area contributed by atoms with Gasteiger partial charge in [0.1, 0.15) is 17.0 Å². The predicted octanol–water partition coefficient (Wildman–Crippen LogP) is 3.89. The van der Waals surface area contributed by atoms with Crippen molar-refractivity contribution in [3.8, 4) is 11.5 Å². The van der Waals surface area contributed by atoms with Gasteiger partial charge in [0.2, 0.25) is 0 Å². The number of nitrogens with zero attached hydrogens (tertiary/aromatic N) is 1. The summed E-state index contributed by atoms with van der Waals surface area (Å²) in [7, 11) is 0. The first-order valence-electron chi connectivity index (χ1n) is 13.2. The number of nitrogens with two attached hydrogens (primary N) is 3. The van der Waals surface area contributed by atoms with Crippen LogP contribution in [0.2, 0.25) is 0 Å². The van der Waals surface area contributed by atoms with E-state index in [4.69, 9.17) is 21.9 Å². The number of amides is 1. The van der Waals surface area contributed by atoms with Gasteiger partial charge in [0.25, 0.3) is 5.91 Å². The third-order valence-corrected chi connectivity index (χ3v) is 8.97. The zero-order valence-electron chi connectivity index (χ0n) is 21.5. The molecule has 0 saturated carbocycles. The molecule has 0 radical (unpaired) electrons. The SMILES string of the molecule is Nc1ccc2c3c(c(C(=O)NCCN4CCCC4)sc13)C(N)C(=O)C2(N)c1ccc(Oc2ccccc2)cc1. The molecule has 0 spiro atoms. The molecular weight excluding hydrogens is 510 g/mol. The highest BCUT2D eigenvalue weighted by molar-refractivity contribution is 7.21. The van der Waals surface area contributed by atoms with Gasteiger partial charge in [-0.1, -0.05) is 36.4 Å². The molecule has 2 aliphatic rings. The molecule has 2 atom stereocenters. The molecule has 2 unspecified atom stereocenters. The lowest BCUT2D eigenvalue weighted by Crippen LogP contribution is -2.52. The molecule has 1 aliphatic carbocycles. The molecule has 3 aromatic carbocycles. The molecule has 200 valence electrons. The standard InChI is InChI=1S/C30H31N5O3S/c31-22-13-12-21-23-24(27(39-26(22)23)29(37)34-14-17-35-15-4-5-16-35)25(32)28(36)30(21,33)18-8-10-20(11-9-18)38-19-6-2-1-3-7-19/h1-3,6-13,25H,4-5,14-17,31-33H2,(H,34,37). The van der Waals surface area contributed by atoms with Gasteiger partial charge in [-0.2, -0.15) is 0 Å². The number of rotatable bonds is 7. The lowest BCUT2D eigenvalue weighted by Gasteiger charge is -2.36. The van der Waals surface area contributed by atoms with Gasteiger partial charge in [-0.05, 0) is 67.4 Å². The number of benzene rings is 3. The van der Waals surface area contributed by atoms with Crippen molar-refractivity contribution >= 4 is 38.8 Å². The summed E-state index contributed by atoms with van der Waals surface area (Å²) in [6.45, 7) is 3.43. The molecular formula is C30H31N5O3S. The molecule has 2 heterocycles. The first kappa shape index (κ1) is 25.5. The van der Waals surface area contributed by atoms with Gasteiger partial charge >= 0.3 is 0 Å². The number of nitrogens with one attached hydrogen (secondary N) is 1. The molecule has 6 rings (SSSR count). The Morgan fingerprint density at radius 3 is 2.44 bits per heavy atom. The van der Waals surface area contributed by atoms with E-state index in [1.165, 1.54) is 24.2 Å². The minimum Gasteiger partial charge on any atom is -0.457 e. The molecule has 4 aromatic rings. The number of carbonyl (C=O) groups is 2. The van der Waals surface area contributed by atoms with Gasteiger partial charge in [-0.3, -0.25) is 9.59 Å². The van der Waals surface area contributed by atoms with Crippen LogP contribution in [0.5, 0.6) is 11.5 Å². The quantitative estimate of drug-likeness (QED) is 0.261. The van der Waals surface area contributed by atoms with Crippen LogP contribution in [0.3, 0.4) is 0 Å². The Morgan fingerprint density at radius 1 is 1.03 bits per heavy atom. The Morgan fingerprint density at radius 2 is 1.72 bits per heavy atom. The van der Waals surface area contributed by atoms with E-state index in [-0.39, 0.29) is 11.7 Å². The molecule has 1 saturated heterocycles. The molecule has 8 nitrogen and oxygen atoms in total. The zero-order valence-corrected chi connectivity index (χ0v) is 22.3. The number of thiophene rings is 1. The fourth-order valence-corrected chi connectivity index (χ4v) is 6.89. The van der Waals surface area contributed by atoms with Crippen molar-refractivity contribution in [3.63, 3.8) is 0 Å². The maximum Gasteiger partial charge on any atom is 0.261 e. The number of ketones is 1. The highest BCUT2D eigenvalue weighted by atomic mass is 32.1. The van der Waals surface area contributed by atoms with E-state index in [2.05, 4.69) is 10.2 Å². The van der Waals surface area contributed by atoms with E-state index in [1.54, 1.807) is 36.4 Å². The van der Waals surface area contributed by atoms with Gasteiger partial charge < -0.3 is 32.2 Å². The first-order valence-corrected chi connectivity index (χ1v) is 14.0. The molecule has 39 heavy (non-hydrogen) atoms. The van der Waals surface area contributed by atoms with Crippen molar-refractivity contribution in [3.05, 3.63) is 88.3 Å². The fraction of sp³-hybridized carbons (Fsp3) is 0.267. The van der Waals surface area contributed by atoms with Crippen LogP contribution < -0.4 is 27.3 Å². The number of hydrogen-bond acceptors (Lipinski definition) is 8. The number of anilines is 1. The summed E-state index contributed by atoms with van der Waals surface area (Å²) in [6.07, 6.45) is 2.38. The monoisotopic (exact) mass is 541 g/mol. The summed E-state index contributed by atoms with van der Waals surface area (Å²) in [6, 6.07) is 19.0. The van der Waals surface area contributed by atoms with Crippen LogP contribution in [-0.2, 0) is 10.3 Å². The average Bonchev–Trinajstić information content (AvgIpc) is 3.61. The van der Waals surface area contributed by atoms with Crippen molar-refractivity contribution in [1.82, 2.24) is 10.2 Å². The van der Waals surface area contributed by atoms with Crippen molar-refractivity contribution < 1.29 is 14.3 Å². The second-order valence-electron chi connectivity index (χ2n) is 10.1. The summed E-state index contributed by atoms with van der Waals surface area (Å²) in [5, 5.41) is 3.71. The van der Waals surface area contributed by atoms with Crippen LogP contribution in [0.25, 0.3) is 10.1 Å². The van der Waals surface area contributed by atoms with Gasteiger partial charge in [-0.25, -0.2) is 0 Å². The predicted molar refractivity (Wildman–Crippen MR) is 154 cm³/mol. The van der Waals surface area contributed by atoms with Gasteiger partial charge in [0, 0.05) is 29.7 Å². The van der Waals surface area contributed by atoms with Crippen molar-refractivity contribution in [2.24, 2.45) is 11.5 Å². The highest BCUT2D eigenvalue weighted by Gasteiger charge is 2.48. The maximum absolute atomic E-state index is 13.9. The topological polar surface area (TPSA) is 137 Å². The van der Waals surface area contributed by atoms with Crippen LogP contribution >= 0.6 is 11.3 Å². The molecule has 1 aromatic heterocycles. The van der Waals surface area contributed by atoms with Crippen LogP contribution in [0, 0.1) is 0 Å². The molecule has 1 aliphatic heterocycles. The molecule has 1 amide bonds. The number of para-hydroxylation sites is 1. The Balaban J connectivity index is 1.35. The Hall–Kier alpha value is -3.76. The van der Waals surface area contributed by atoms with E-state index in [0.717, 1.165) is 19.6 Å². The third-order valence-electron chi connectivity index (χ3n) is 7.72. The summed E-state index contributed by atoms with van der Waals surface area (Å²) in [5.41, 5.74) is 20.6. The van der Waals surface area contributed by atoms with E-state index in [1.807, 2.05) is 30.3 Å². The fourth-order valence-electron chi connectivity index (χ4n) is 5.67. The van der Waals surface area contributed by atoms with Crippen molar-refractivity contribution in [2.45, 2.75) is 24.4 Å². The van der Waals surface area contributed by atoms with Crippen LogP contribution in [-0.4, -0.2) is 42.8 Å². The number of nitrogen functional groups attached to an aromatic ring is 1. The normalized spacial score (nSPS) is 20.9. The molecule has 0 bridgehead atoms. The van der Waals surface area contributed by atoms with E-state index >= 15 is 0 Å². The van der Waals surface area contributed by atoms with Gasteiger partial charge in [0.15, 0.2) is 5.78 Å². The number of Topliss-reactive ketones (excluding diaryl/α,β-unsaturated/α-hetero) is 1. The summed E-state index contributed by atoms with van der Waals surface area (Å²) >= 11 is 1.27. The van der Waals surface area contributed by atoms with Crippen LogP contribution in [0.15, 0.2) is 66.7 Å². The van der Waals surface area contributed by atoms with Crippen molar-refractivity contribution in [2.75, 3.05) is 31.9 Å². The van der Waals surface area contributed by atoms with Crippen molar-refractivity contribution in [1.29, 1.82) is 0 Å². The number of hydrogen-bond donors (Lipinski definition) is 4. The summed E-state index contributed by atoms with van der Waals surface area (Å²) < 4.78 is 6.63. The number of ether oxygens (including phenoxy) is 1. The third kappa shape index (κ3) is 4.37. The first-order chi connectivity index (χ1) is 18.9. The highest BCUT2D eigenvalue weighted by Crippen LogP contribution is 2.49.